The topological polar surface area (TPSA) is 54.5 Å². The molecule has 1 saturated heterocycles. The van der Waals surface area contributed by atoms with Gasteiger partial charge in [0.15, 0.2) is 0 Å². The maximum Gasteiger partial charge on any atom is 0.243 e. The first kappa shape index (κ1) is 19.1. The van der Waals surface area contributed by atoms with Crippen molar-refractivity contribution >= 4 is 26.9 Å². The zero-order valence-electron chi connectivity index (χ0n) is 14.9. The van der Waals surface area contributed by atoms with Crippen LogP contribution in [0.4, 0.5) is 0 Å². The molecule has 0 aliphatic carbocycles. The maximum atomic E-state index is 13.0. The van der Waals surface area contributed by atoms with Crippen molar-refractivity contribution in [3.05, 3.63) is 65.7 Å². The van der Waals surface area contributed by atoms with Crippen LogP contribution in [0.3, 0.4) is 0 Å². The summed E-state index contributed by atoms with van der Waals surface area (Å²) >= 11 is 6.03. The van der Waals surface area contributed by atoms with E-state index in [0.29, 0.717) is 6.42 Å². The minimum atomic E-state index is -3.59. The number of rotatable bonds is 4. The van der Waals surface area contributed by atoms with Gasteiger partial charge in [0.1, 0.15) is 0 Å². The molecule has 2 aromatic rings. The molecule has 1 aliphatic rings. The molecule has 2 atom stereocenters. The highest BCUT2D eigenvalue weighted by Crippen LogP contribution is 2.42. The van der Waals surface area contributed by atoms with E-state index in [1.165, 1.54) is 4.31 Å². The third-order valence-corrected chi connectivity index (χ3v) is 7.59. The molecule has 0 bridgehead atoms. The number of hydrogen-bond acceptors (Lipinski definition) is 3. The van der Waals surface area contributed by atoms with Crippen LogP contribution >= 0.6 is 11.6 Å². The van der Waals surface area contributed by atoms with E-state index in [1.54, 1.807) is 24.3 Å². The average molecular weight is 392 g/mol. The van der Waals surface area contributed by atoms with Crippen LogP contribution in [0.15, 0.2) is 59.5 Å². The highest BCUT2D eigenvalue weighted by Gasteiger charge is 2.49. The van der Waals surface area contributed by atoms with Crippen LogP contribution < -0.4 is 0 Å². The predicted octanol–water partition coefficient (Wildman–Crippen LogP) is 3.73. The minimum Gasteiger partial charge on any atom is -0.280 e. The van der Waals surface area contributed by atoms with E-state index in [-0.39, 0.29) is 23.9 Å². The monoisotopic (exact) mass is 391 g/mol. The van der Waals surface area contributed by atoms with Gasteiger partial charge < -0.3 is 0 Å². The van der Waals surface area contributed by atoms with Crippen molar-refractivity contribution < 1.29 is 13.2 Å². The first-order valence-corrected chi connectivity index (χ1v) is 10.4. The number of sulfonamides is 1. The zero-order chi connectivity index (χ0) is 18.9. The Labute approximate surface area is 159 Å². The van der Waals surface area contributed by atoms with Gasteiger partial charge in [0, 0.05) is 13.1 Å². The molecule has 2 aromatic carbocycles. The lowest BCUT2D eigenvalue weighted by Gasteiger charge is -2.44. The van der Waals surface area contributed by atoms with E-state index >= 15 is 0 Å². The van der Waals surface area contributed by atoms with Crippen LogP contribution in [0.1, 0.15) is 24.5 Å². The molecule has 0 radical (unpaired) electrons. The number of benzene rings is 2. The Kier molecular flexibility index (Phi) is 5.24. The molecular weight excluding hydrogens is 370 g/mol. The summed E-state index contributed by atoms with van der Waals surface area (Å²) in [6, 6.07) is 16.2. The standard InChI is InChI=1S/C20H22ClNO3S/c1-15-8-10-18(11-9-15)26(24,25)22-13-12-20(19(21)23,16(2)14-22)17-6-4-3-5-7-17/h3-11,16H,12-14H2,1-2H3/t16-,20-/m1/s1. The fourth-order valence-corrected chi connectivity index (χ4v) is 5.67. The lowest BCUT2D eigenvalue weighted by atomic mass is 9.68. The van der Waals surface area contributed by atoms with Crippen molar-refractivity contribution in [2.24, 2.45) is 5.92 Å². The van der Waals surface area contributed by atoms with Crippen molar-refractivity contribution in [3.63, 3.8) is 0 Å². The molecule has 0 amide bonds. The largest absolute Gasteiger partial charge is 0.280 e. The summed E-state index contributed by atoms with van der Waals surface area (Å²) in [5.74, 6) is -0.233. The molecular formula is C20H22ClNO3S. The molecule has 0 N–H and O–H groups in total. The Morgan fingerprint density at radius 1 is 1.12 bits per heavy atom. The Bertz CT molecular complexity index is 896. The van der Waals surface area contributed by atoms with E-state index in [9.17, 15) is 13.2 Å². The Balaban J connectivity index is 1.92. The van der Waals surface area contributed by atoms with Crippen molar-refractivity contribution in [1.82, 2.24) is 4.31 Å². The second kappa shape index (κ2) is 7.14. The van der Waals surface area contributed by atoms with Crippen molar-refractivity contribution in [2.75, 3.05) is 13.1 Å². The normalized spacial score (nSPS) is 24.3. The number of hydrogen-bond donors (Lipinski definition) is 0. The summed E-state index contributed by atoms with van der Waals surface area (Å²) in [5.41, 5.74) is 0.994. The fraction of sp³-hybridized carbons (Fsp3) is 0.350. The Hall–Kier alpha value is -1.69. The highest BCUT2D eigenvalue weighted by molar-refractivity contribution is 7.89. The van der Waals surface area contributed by atoms with Crippen LogP contribution in [-0.2, 0) is 20.2 Å². The predicted molar refractivity (Wildman–Crippen MR) is 103 cm³/mol. The molecule has 1 heterocycles. The number of aryl methyl sites for hydroxylation is 1. The van der Waals surface area contributed by atoms with Gasteiger partial charge in [-0.15, -0.1) is 0 Å². The van der Waals surface area contributed by atoms with E-state index in [4.69, 9.17) is 11.6 Å². The van der Waals surface area contributed by atoms with Gasteiger partial charge in [-0.05, 0) is 48.6 Å². The molecule has 6 heteroatoms. The van der Waals surface area contributed by atoms with Gasteiger partial charge >= 0.3 is 0 Å². The number of halogens is 1. The summed E-state index contributed by atoms with van der Waals surface area (Å²) in [6.07, 6.45) is 0.367. The SMILES string of the molecule is Cc1ccc(S(=O)(=O)N2CC[C@](C(=O)Cl)(c3ccccc3)[C@H](C)C2)cc1. The molecule has 1 aliphatic heterocycles. The van der Waals surface area contributed by atoms with Crippen molar-refractivity contribution in [2.45, 2.75) is 30.6 Å². The first-order valence-electron chi connectivity index (χ1n) is 8.61. The fourth-order valence-electron chi connectivity index (χ4n) is 3.75. The summed E-state index contributed by atoms with van der Waals surface area (Å²) in [7, 11) is -3.59. The molecule has 0 saturated carbocycles. The number of piperidine rings is 1. The molecule has 4 nitrogen and oxygen atoms in total. The van der Waals surface area contributed by atoms with Crippen LogP contribution in [0.2, 0.25) is 0 Å². The summed E-state index contributed by atoms with van der Waals surface area (Å²) in [4.78, 5) is 12.7. The van der Waals surface area contributed by atoms with Crippen LogP contribution in [0, 0.1) is 12.8 Å². The van der Waals surface area contributed by atoms with Gasteiger partial charge in [-0.25, -0.2) is 8.42 Å². The van der Waals surface area contributed by atoms with Crippen molar-refractivity contribution in [1.29, 1.82) is 0 Å². The van der Waals surface area contributed by atoms with E-state index in [1.807, 2.05) is 44.2 Å². The van der Waals surface area contributed by atoms with Gasteiger partial charge in [-0.3, -0.25) is 4.79 Å². The molecule has 3 rings (SSSR count). The van der Waals surface area contributed by atoms with Gasteiger partial charge in [-0.2, -0.15) is 4.31 Å². The summed E-state index contributed by atoms with van der Waals surface area (Å²) in [6.45, 7) is 4.32. The first-order chi connectivity index (χ1) is 12.3. The smallest absolute Gasteiger partial charge is 0.243 e. The summed E-state index contributed by atoms with van der Waals surface area (Å²) < 4.78 is 27.4. The van der Waals surface area contributed by atoms with Gasteiger partial charge in [-0.1, -0.05) is 55.0 Å². The second-order valence-electron chi connectivity index (χ2n) is 6.94. The molecule has 138 valence electrons. The second-order valence-corrected chi connectivity index (χ2v) is 9.22. The Morgan fingerprint density at radius 2 is 1.73 bits per heavy atom. The molecule has 26 heavy (non-hydrogen) atoms. The van der Waals surface area contributed by atoms with Gasteiger partial charge in [0.2, 0.25) is 15.3 Å². The molecule has 0 aromatic heterocycles. The van der Waals surface area contributed by atoms with E-state index < -0.39 is 20.7 Å². The average Bonchev–Trinajstić information content (AvgIpc) is 2.62. The van der Waals surface area contributed by atoms with E-state index in [2.05, 4.69) is 0 Å². The Morgan fingerprint density at radius 3 is 2.27 bits per heavy atom. The zero-order valence-corrected chi connectivity index (χ0v) is 16.4. The van der Waals surface area contributed by atoms with Crippen LogP contribution in [-0.4, -0.2) is 31.1 Å². The third-order valence-electron chi connectivity index (χ3n) is 5.37. The number of carbonyl (C=O) groups excluding carboxylic acids is 1. The van der Waals surface area contributed by atoms with Gasteiger partial charge in [0.25, 0.3) is 0 Å². The molecule has 0 spiro atoms. The third kappa shape index (κ3) is 3.20. The number of nitrogens with zero attached hydrogens (tertiary/aromatic N) is 1. The maximum absolute atomic E-state index is 13.0. The highest BCUT2D eigenvalue weighted by atomic mass is 35.5. The summed E-state index contributed by atoms with van der Waals surface area (Å²) in [5, 5.41) is -0.427. The quantitative estimate of drug-likeness (QED) is 0.746. The minimum absolute atomic E-state index is 0.233. The van der Waals surface area contributed by atoms with Crippen LogP contribution in [0.5, 0.6) is 0 Å². The van der Waals surface area contributed by atoms with Gasteiger partial charge in [0.05, 0.1) is 10.3 Å². The number of carbonyl (C=O) groups is 1. The van der Waals surface area contributed by atoms with Crippen molar-refractivity contribution in [3.8, 4) is 0 Å². The lowest BCUT2D eigenvalue weighted by molar-refractivity contribution is -0.120. The molecule has 0 unspecified atom stereocenters. The lowest BCUT2D eigenvalue weighted by Crippen LogP contribution is -2.53. The van der Waals surface area contributed by atoms with E-state index in [0.717, 1.165) is 11.1 Å². The molecule has 1 fully saturated rings. The van der Waals surface area contributed by atoms with Crippen LogP contribution in [0.25, 0.3) is 0 Å².